The average molecular weight is 408 g/mol. The molecular formula is C19H16N6O3S. The SMILES string of the molecule is Cc1cnc(CNC(=O)c2sc3c(=O)[nH]c(-c4ccccn4)nc3c2C)[nH]c1=O. The van der Waals surface area contributed by atoms with Crippen LogP contribution in [0.1, 0.15) is 26.6 Å². The average Bonchev–Trinajstić information content (AvgIpc) is 3.06. The third-order valence-electron chi connectivity index (χ3n) is 4.34. The van der Waals surface area contributed by atoms with Crippen molar-refractivity contribution in [3.8, 4) is 11.5 Å². The number of nitrogens with one attached hydrogen (secondary N) is 3. The molecular weight excluding hydrogens is 392 g/mol. The Labute approximate surface area is 167 Å². The minimum Gasteiger partial charge on any atom is -0.344 e. The van der Waals surface area contributed by atoms with E-state index in [0.29, 0.717) is 43.6 Å². The number of nitrogens with zero attached hydrogens (tertiary/aromatic N) is 3. The predicted octanol–water partition coefficient (Wildman–Crippen LogP) is 1.68. The first kappa shape index (κ1) is 18.7. The van der Waals surface area contributed by atoms with Crippen LogP contribution in [0.4, 0.5) is 0 Å². The van der Waals surface area contributed by atoms with Gasteiger partial charge in [-0.1, -0.05) is 6.07 Å². The number of aromatic nitrogens is 5. The van der Waals surface area contributed by atoms with Crippen LogP contribution in [0.3, 0.4) is 0 Å². The number of aryl methyl sites for hydroxylation is 2. The zero-order valence-electron chi connectivity index (χ0n) is 15.6. The molecule has 4 aromatic heterocycles. The van der Waals surface area contributed by atoms with Gasteiger partial charge in [-0.3, -0.25) is 19.4 Å². The Morgan fingerprint density at radius 1 is 1.14 bits per heavy atom. The number of thiophene rings is 1. The fourth-order valence-electron chi connectivity index (χ4n) is 2.77. The molecule has 4 aromatic rings. The van der Waals surface area contributed by atoms with E-state index in [1.165, 1.54) is 6.20 Å². The van der Waals surface area contributed by atoms with Crippen LogP contribution in [-0.4, -0.2) is 30.8 Å². The topological polar surface area (TPSA) is 133 Å². The molecule has 4 rings (SSSR count). The minimum atomic E-state index is -0.368. The molecule has 29 heavy (non-hydrogen) atoms. The summed E-state index contributed by atoms with van der Waals surface area (Å²) in [5.41, 5.74) is 1.53. The van der Waals surface area contributed by atoms with Crippen molar-refractivity contribution < 1.29 is 4.79 Å². The van der Waals surface area contributed by atoms with E-state index < -0.39 is 0 Å². The standard InChI is InChI=1S/C19H16N6O3S/c1-9-7-21-12(23-17(9)26)8-22-18(27)14-10(2)13-15(29-14)19(28)25-16(24-13)11-5-3-4-6-20-11/h3-7H,8H2,1-2H3,(H,22,27)(H,21,23,26)(H,24,25,28). The van der Waals surface area contributed by atoms with Gasteiger partial charge in [0.2, 0.25) is 0 Å². The molecule has 0 unspecified atom stereocenters. The van der Waals surface area contributed by atoms with Crippen molar-refractivity contribution in [3.05, 3.63) is 73.1 Å². The maximum Gasteiger partial charge on any atom is 0.269 e. The Balaban J connectivity index is 1.65. The van der Waals surface area contributed by atoms with Gasteiger partial charge < -0.3 is 15.3 Å². The summed E-state index contributed by atoms with van der Waals surface area (Å²) in [5.74, 6) is 0.325. The second kappa shape index (κ2) is 7.40. The summed E-state index contributed by atoms with van der Waals surface area (Å²) in [4.78, 5) is 55.3. The minimum absolute atomic E-state index is 0.0605. The molecule has 10 heteroatoms. The van der Waals surface area contributed by atoms with Crippen LogP contribution in [0, 0.1) is 13.8 Å². The van der Waals surface area contributed by atoms with E-state index in [1.807, 2.05) is 0 Å². The lowest BCUT2D eigenvalue weighted by Crippen LogP contribution is -2.25. The van der Waals surface area contributed by atoms with Crippen molar-refractivity contribution in [3.63, 3.8) is 0 Å². The molecule has 0 aliphatic rings. The van der Waals surface area contributed by atoms with Gasteiger partial charge in [-0.25, -0.2) is 9.97 Å². The van der Waals surface area contributed by atoms with Gasteiger partial charge in [-0.15, -0.1) is 11.3 Å². The highest BCUT2D eigenvalue weighted by molar-refractivity contribution is 7.21. The summed E-state index contributed by atoms with van der Waals surface area (Å²) in [7, 11) is 0. The Morgan fingerprint density at radius 3 is 2.69 bits per heavy atom. The van der Waals surface area contributed by atoms with E-state index >= 15 is 0 Å². The van der Waals surface area contributed by atoms with E-state index in [2.05, 4.69) is 30.2 Å². The predicted molar refractivity (Wildman–Crippen MR) is 109 cm³/mol. The molecule has 1 amide bonds. The van der Waals surface area contributed by atoms with Crippen LogP contribution in [0.2, 0.25) is 0 Å². The van der Waals surface area contributed by atoms with E-state index in [0.717, 1.165) is 11.3 Å². The lowest BCUT2D eigenvalue weighted by Gasteiger charge is -2.04. The number of hydrogen-bond donors (Lipinski definition) is 3. The number of amides is 1. The van der Waals surface area contributed by atoms with Crippen LogP contribution in [0.25, 0.3) is 21.7 Å². The van der Waals surface area contributed by atoms with Gasteiger partial charge in [-0.2, -0.15) is 0 Å². The zero-order chi connectivity index (χ0) is 20.5. The number of carbonyl (C=O) groups excluding carboxylic acids is 1. The Morgan fingerprint density at radius 2 is 1.97 bits per heavy atom. The summed E-state index contributed by atoms with van der Waals surface area (Å²) in [5, 5.41) is 2.72. The number of H-pyrrole nitrogens is 2. The molecule has 0 aliphatic carbocycles. The number of rotatable bonds is 4. The van der Waals surface area contributed by atoms with Crippen LogP contribution < -0.4 is 16.4 Å². The van der Waals surface area contributed by atoms with Gasteiger partial charge in [0.25, 0.3) is 17.0 Å². The zero-order valence-corrected chi connectivity index (χ0v) is 16.4. The van der Waals surface area contributed by atoms with Gasteiger partial charge in [0.15, 0.2) is 5.82 Å². The third-order valence-corrected chi connectivity index (χ3v) is 5.62. The van der Waals surface area contributed by atoms with Gasteiger partial charge in [0.1, 0.15) is 16.2 Å². The maximum absolute atomic E-state index is 12.7. The number of carbonyl (C=O) groups is 1. The third kappa shape index (κ3) is 3.57. The lowest BCUT2D eigenvalue weighted by atomic mass is 10.2. The van der Waals surface area contributed by atoms with Crippen molar-refractivity contribution >= 4 is 27.5 Å². The molecule has 0 aromatic carbocycles. The first-order valence-electron chi connectivity index (χ1n) is 8.72. The Hall–Kier alpha value is -3.66. The van der Waals surface area contributed by atoms with Gasteiger partial charge in [0, 0.05) is 18.0 Å². The maximum atomic E-state index is 12.7. The second-order valence-corrected chi connectivity index (χ2v) is 7.41. The highest BCUT2D eigenvalue weighted by Crippen LogP contribution is 2.28. The van der Waals surface area contributed by atoms with Crippen molar-refractivity contribution in [1.29, 1.82) is 0 Å². The largest absolute Gasteiger partial charge is 0.344 e. The molecule has 0 saturated heterocycles. The van der Waals surface area contributed by atoms with Crippen molar-refractivity contribution in [2.75, 3.05) is 0 Å². The quantitative estimate of drug-likeness (QED) is 0.470. The molecule has 3 N–H and O–H groups in total. The number of pyridine rings is 1. The number of hydrogen-bond acceptors (Lipinski definition) is 7. The lowest BCUT2D eigenvalue weighted by molar-refractivity contribution is 0.0953. The first-order valence-corrected chi connectivity index (χ1v) is 9.53. The first-order chi connectivity index (χ1) is 13.9. The molecule has 0 bridgehead atoms. The molecule has 0 atom stereocenters. The van der Waals surface area contributed by atoms with Crippen molar-refractivity contribution in [1.82, 2.24) is 30.2 Å². The molecule has 0 radical (unpaired) electrons. The fourth-order valence-corrected chi connectivity index (χ4v) is 3.83. The van der Waals surface area contributed by atoms with Crippen LogP contribution in [-0.2, 0) is 6.54 Å². The van der Waals surface area contributed by atoms with Gasteiger partial charge in [0.05, 0.1) is 16.9 Å². The number of aromatic amines is 2. The monoisotopic (exact) mass is 408 g/mol. The van der Waals surface area contributed by atoms with E-state index in [-0.39, 0.29) is 23.6 Å². The van der Waals surface area contributed by atoms with E-state index in [4.69, 9.17) is 0 Å². The summed E-state index contributed by atoms with van der Waals surface area (Å²) in [6.45, 7) is 3.46. The van der Waals surface area contributed by atoms with E-state index in [9.17, 15) is 14.4 Å². The smallest absolute Gasteiger partial charge is 0.269 e. The highest BCUT2D eigenvalue weighted by Gasteiger charge is 2.20. The fraction of sp³-hybridized carbons (Fsp3) is 0.158. The van der Waals surface area contributed by atoms with Crippen LogP contribution in [0.5, 0.6) is 0 Å². The summed E-state index contributed by atoms with van der Waals surface area (Å²) in [6.07, 6.45) is 3.07. The van der Waals surface area contributed by atoms with Crippen LogP contribution >= 0.6 is 11.3 Å². The van der Waals surface area contributed by atoms with E-state index in [1.54, 1.807) is 38.2 Å². The molecule has 0 fully saturated rings. The Bertz CT molecular complexity index is 1340. The summed E-state index contributed by atoms with van der Waals surface area (Å²) < 4.78 is 0.370. The molecule has 9 nitrogen and oxygen atoms in total. The van der Waals surface area contributed by atoms with Crippen molar-refractivity contribution in [2.45, 2.75) is 20.4 Å². The summed E-state index contributed by atoms with van der Waals surface area (Å²) in [6, 6.07) is 5.32. The molecule has 0 spiro atoms. The normalized spacial score (nSPS) is 11.0. The number of fused-ring (bicyclic) bond motifs is 1. The van der Waals surface area contributed by atoms with Crippen molar-refractivity contribution in [2.24, 2.45) is 0 Å². The van der Waals surface area contributed by atoms with Crippen LogP contribution in [0.15, 0.2) is 40.2 Å². The summed E-state index contributed by atoms with van der Waals surface area (Å²) >= 11 is 1.07. The molecule has 4 heterocycles. The van der Waals surface area contributed by atoms with Gasteiger partial charge >= 0.3 is 0 Å². The molecule has 0 saturated carbocycles. The second-order valence-electron chi connectivity index (χ2n) is 6.39. The molecule has 146 valence electrons. The Kier molecular flexibility index (Phi) is 4.77. The van der Waals surface area contributed by atoms with Gasteiger partial charge in [-0.05, 0) is 31.5 Å². The highest BCUT2D eigenvalue weighted by atomic mass is 32.1. The molecule has 0 aliphatic heterocycles.